The molecule has 0 bridgehead atoms. The molecule has 0 saturated carbocycles. The molecule has 2 heterocycles. The third kappa shape index (κ3) is 4.14. The zero-order valence-electron chi connectivity index (χ0n) is 14.7. The van der Waals surface area contributed by atoms with Crippen LogP contribution in [0.4, 0.5) is 5.13 Å². The molecule has 1 N–H and O–H groups in total. The molecule has 0 aliphatic heterocycles. The summed E-state index contributed by atoms with van der Waals surface area (Å²) >= 11 is 3.17. The summed E-state index contributed by atoms with van der Waals surface area (Å²) < 4.78 is 16.4. The Morgan fingerprint density at radius 1 is 1.19 bits per heavy atom. The summed E-state index contributed by atoms with van der Waals surface area (Å²) in [5.41, 5.74) is 4.73. The summed E-state index contributed by atoms with van der Waals surface area (Å²) in [5, 5.41) is 9.03. The molecule has 6 nitrogen and oxygen atoms in total. The molecule has 8 heteroatoms. The zero-order valence-corrected chi connectivity index (χ0v) is 16.3. The maximum atomic E-state index is 5.60. The van der Waals surface area contributed by atoms with E-state index in [1.165, 1.54) is 11.3 Å². The van der Waals surface area contributed by atoms with Crippen molar-refractivity contribution >= 4 is 34.0 Å². The maximum absolute atomic E-state index is 5.60. The molecule has 136 valence electrons. The number of thiophene rings is 1. The Labute approximate surface area is 160 Å². The predicted octanol–water partition coefficient (Wildman–Crippen LogP) is 4.73. The van der Waals surface area contributed by atoms with Gasteiger partial charge in [-0.05, 0) is 30.5 Å². The molecule has 0 aliphatic carbocycles. The minimum Gasteiger partial charge on any atom is -0.493 e. The first-order valence-electron chi connectivity index (χ1n) is 7.92. The number of methoxy groups -OCH3 is 2. The first-order valence-corrected chi connectivity index (χ1v) is 9.68. The number of nitrogens with one attached hydrogen (secondary N) is 1. The van der Waals surface area contributed by atoms with E-state index in [1.54, 1.807) is 31.8 Å². The second kappa shape index (κ2) is 8.68. The standard InChI is InChI=1S/C18H19N3O3S2/c1-4-24-17-14(22-2)8-12(9-15(17)23-3)10-19-21-18-20-13(11-26-18)16-6-5-7-25-16/h5-11H,4H2,1-3H3,(H,20,21)/b19-10-. The van der Waals surface area contributed by atoms with Gasteiger partial charge in [0.15, 0.2) is 11.5 Å². The van der Waals surface area contributed by atoms with Gasteiger partial charge in [0.05, 0.1) is 37.6 Å². The van der Waals surface area contributed by atoms with E-state index >= 15 is 0 Å². The lowest BCUT2D eigenvalue weighted by atomic mass is 10.2. The number of benzene rings is 1. The molecule has 0 fully saturated rings. The molecule has 0 aliphatic rings. The Bertz CT molecular complexity index is 851. The number of hydrazone groups is 1. The average molecular weight is 390 g/mol. The SMILES string of the molecule is CCOc1c(OC)cc(/C=N\Nc2nc(-c3cccs3)cs2)cc1OC. The van der Waals surface area contributed by atoms with E-state index in [2.05, 4.69) is 15.5 Å². The van der Waals surface area contributed by atoms with Crippen LogP contribution in [0.2, 0.25) is 0 Å². The number of ether oxygens (including phenoxy) is 3. The van der Waals surface area contributed by atoms with Crippen LogP contribution in [0, 0.1) is 0 Å². The summed E-state index contributed by atoms with van der Waals surface area (Å²) in [6.07, 6.45) is 1.69. The Kier molecular flexibility index (Phi) is 6.08. The van der Waals surface area contributed by atoms with Gasteiger partial charge in [-0.3, -0.25) is 5.43 Å². The molecule has 0 atom stereocenters. The Morgan fingerprint density at radius 3 is 2.58 bits per heavy atom. The lowest BCUT2D eigenvalue weighted by Crippen LogP contribution is -2.00. The number of anilines is 1. The number of thiazole rings is 1. The van der Waals surface area contributed by atoms with Crippen molar-refractivity contribution in [1.29, 1.82) is 0 Å². The Hall–Kier alpha value is -2.58. The van der Waals surface area contributed by atoms with Crippen LogP contribution in [-0.2, 0) is 0 Å². The van der Waals surface area contributed by atoms with Crippen molar-refractivity contribution < 1.29 is 14.2 Å². The van der Waals surface area contributed by atoms with Gasteiger partial charge in [-0.25, -0.2) is 4.98 Å². The normalized spacial score (nSPS) is 10.9. The van der Waals surface area contributed by atoms with Gasteiger partial charge >= 0.3 is 0 Å². The van der Waals surface area contributed by atoms with Crippen LogP contribution in [-0.4, -0.2) is 32.0 Å². The Balaban J connectivity index is 1.74. The predicted molar refractivity (Wildman–Crippen MR) is 107 cm³/mol. The monoisotopic (exact) mass is 389 g/mol. The van der Waals surface area contributed by atoms with Crippen LogP contribution in [0.3, 0.4) is 0 Å². The Morgan fingerprint density at radius 2 is 1.96 bits per heavy atom. The van der Waals surface area contributed by atoms with E-state index in [0.29, 0.717) is 23.9 Å². The number of hydrogen-bond donors (Lipinski definition) is 1. The van der Waals surface area contributed by atoms with Gasteiger partial charge in [0, 0.05) is 10.9 Å². The highest BCUT2D eigenvalue weighted by atomic mass is 32.1. The van der Waals surface area contributed by atoms with Crippen molar-refractivity contribution in [3.05, 3.63) is 40.6 Å². The second-order valence-corrected chi connectivity index (χ2v) is 6.88. The topological polar surface area (TPSA) is 65.0 Å². The van der Waals surface area contributed by atoms with Gasteiger partial charge in [0.2, 0.25) is 10.9 Å². The summed E-state index contributed by atoms with van der Waals surface area (Å²) in [5.74, 6) is 1.78. The summed E-state index contributed by atoms with van der Waals surface area (Å²) in [7, 11) is 3.19. The lowest BCUT2D eigenvalue weighted by Gasteiger charge is -2.14. The molecule has 0 spiro atoms. The molecular formula is C18H19N3O3S2. The van der Waals surface area contributed by atoms with Crippen LogP contribution in [0.1, 0.15) is 12.5 Å². The molecule has 0 radical (unpaired) electrons. The number of hydrogen-bond acceptors (Lipinski definition) is 8. The average Bonchev–Trinajstić information content (AvgIpc) is 3.34. The summed E-state index contributed by atoms with van der Waals surface area (Å²) in [6.45, 7) is 2.44. The van der Waals surface area contributed by atoms with Gasteiger partial charge in [-0.15, -0.1) is 22.7 Å². The smallest absolute Gasteiger partial charge is 0.203 e. The van der Waals surface area contributed by atoms with E-state index in [0.717, 1.165) is 21.3 Å². The zero-order chi connectivity index (χ0) is 18.4. The molecule has 2 aromatic heterocycles. The van der Waals surface area contributed by atoms with Gasteiger partial charge in [0.25, 0.3) is 0 Å². The number of nitrogens with zero attached hydrogens (tertiary/aromatic N) is 2. The molecule has 3 aromatic rings. The lowest BCUT2D eigenvalue weighted by molar-refractivity contribution is 0.288. The van der Waals surface area contributed by atoms with Crippen LogP contribution in [0.15, 0.2) is 40.1 Å². The van der Waals surface area contributed by atoms with E-state index in [-0.39, 0.29) is 0 Å². The van der Waals surface area contributed by atoms with Crippen LogP contribution in [0.25, 0.3) is 10.6 Å². The third-order valence-corrected chi connectivity index (χ3v) is 5.06. The third-order valence-electron chi connectivity index (χ3n) is 3.42. The van der Waals surface area contributed by atoms with E-state index in [4.69, 9.17) is 14.2 Å². The molecule has 1 aromatic carbocycles. The molecule has 26 heavy (non-hydrogen) atoms. The fraction of sp³-hybridized carbons (Fsp3) is 0.222. The van der Waals surface area contributed by atoms with Crippen molar-refractivity contribution in [1.82, 2.24) is 4.98 Å². The van der Waals surface area contributed by atoms with Gasteiger partial charge in [-0.2, -0.15) is 5.10 Å². The van der Waals surface area contributed by atoms with Crippen molar-refractivity contribution in [3.63, 3.8) is 0 Å². The minimum absolute atomic E-state index is 0.526. The van der Waals surface area contributed by atoms with E-state index < -0.39 is 0 Å². The summed E-state index contributed by atoms with van der Waals surface area (Å²) in [6, 6.07) is 7.75. The fourth-order valence-corrected chi connectivity index (χ4v) is 3.71. The molecule has 0 amide bonds. The van der Waals surface area contributed by atoms with E-state index in [9.17, 15) is 0 Å². The van der Waals surface area contributed by atoms with E-state index in [1.807, 2.05) is 41.9 Å². The summed E-state index contributed by atoms with van der Waals surface area (Å²) in [4.78, 5) is 5.66. The van der Waals surface area contributed by atoms with Crippen molar-refractivity contribution in [2.75, 3.05) is 26.3 Å². The first kappa shape index (κ1) is 18.2. The van der Waals surface area contributed by atoms with Crippen molar-refractivity contribution in [2.45, 2.75) is 6.92 Å². The molecule has 3 rings (SSSR count). The largest absolute Gasteiger partial charge is 0.493 e. The highest BCUT2D eigenvalue weighted by Gasteiger charge is 2.13. The van der Waals surface area contributed by atoms with Gasteiger partial charge in [-0.1, -0.05) is 6.07 Å². The molecular weight excluding hydrogens is 370 g/mol. The number of aromatic nitrogens is 1. The van der Waals surface area contributed by atoms with Crippen molar-refractivity contribution in [2.24, 2.45) is 5.10 Å². The number of rotatable bonds is 8. The first-order chi connectivity index (χ1) is 12.7. The van der Waals surface area contributed by atoms with Crippen LogP contribution < -0.4 is 19.6 Å². The van der Waals surface area contributed by atoms with Gasteiger partial charge < -0.3 is 14.2 Å². The fourth-order valence-electron chi connectivity index (χ4n) is 2.29. The highest BCUT2D eigenvalue weighted by molar-refractivity contribution is 7.15. The molecule has 0 unspecified atom stereocenters. The highest BCUT2D eigenvalue weighted by Crippen LogP contribution is 2.38. The van der Waals surface area contributed by atoms with Crippen LogP contribution >= 0.6 is 22.7 Å². The van der Waals surface area contributed by atoms with Gasteiger partial charge in [0.1, 0.15) is 0 Å². The van der Waals surface area contributed by atoms with Crippen molar-refractivity contribution in [3.8, 4) is 27.8 Å². The maximum Gasteiger partial charge on any atom is 0.203 e. The second-order valence-electron chi connectivity index (χ2n) is 5.07. The minimum atomic E-state index is 0.526. The quantitative estimate of drug-likeness (QED) is 0.445. The molecule has 0 saturated heterocycles. The van der Waals surface area contributed by atoms with Crippen LogP contribution in [0.5, 0.6) is 17.2 Å².